The lowest BCUT2D eigenvalue weighted by Crippen LogP contribution is -2.50. The number of piperidine rings is 1. The Kier molecular flexibility index (Phi) is 10.8. The molecule has 6 nitrogen and oxygen atoms in total. The monoisotopic (exact) mass is 404 g/mol. The zero-order valence-electron chi connectivity index (χ0n) is 15.6. The largest absolute Gasteiger partial charge is 0.341 e. The summed E-state index contributed by atoms with van der Waals surface area (Å²) in [6, 6.07) is 5.03. The lowest BCUT2D eigenvalue weighted by Gasteiger charge is -2.33. The van der Waals surface area contributed by atoms with Crippen molar-refractivity contribution in [2.75, 3.05) is 18.4 Å². The maximum atomic E-state index is 12.5. The van der Waals surface area contributed by atoms with E-state index in [1.165, 1.54) is 0 Å². The van der Waals surface area contributed by atoms with Crippen molar-refractivity contribution in [2.24, 2.45) is 17.6 Å². The highest BCUT2D eigenvalue weighted by Gasteiger charge is 2.30. The van der Waals surface area contributed by atoms with E-state index in [4.69, 9.17) is 5.73 Å². The predicted octanol–water partition coefficient (Wildman–Crippen LogP) is 2.78. The van der Waals surface area contributed by atoms with E-state index >= 15 is 0 Å². The fourth-order valence-corrected chi connectivity index (χ4v) is 3.08. The lowest BCUT2D eigenvalue weighted by molar-refractivity contribution is -0.136. The first kappa shape index (κ1) is 24.6. The summed E-state index contributed by atoms with van der Waals surface area (Å²) in [5.74, 6) is 0.592. The number of aromatic nitrogens is 1. The molecule has 1 aliphatic rings. The Morgan fingerprint density at radius 2 is 2.04 bits per heavy atom. The number of nitrogens with zero attached hydrogens (tertiary/aromatic N) is 2. The molecule has 0 radical (unpaired) electrons. The van der Waals surface area contributed by atoms with Crippen LogP contribution in [0.5, 0.6) is 0 Å². The van der Waals surface area contributed by atoms with Gasteiger partial charge in [0, 0.05) is 18.8 Å². The number of hydrogen-bond donors (Lipinski definition) is 2. The number of halogens is 2. The average Bonchev–Trinajstić information content (AvgIpc) is 2.53. The van der Waals surface area contributed by atoms with E-state index in [9.17, 15) is 9.59 Å². The summed E-state index contributed by atoms with van der Waals surface area (Å²) >= 11 is 0. The van der Waals surface area contributed by atoms with E-state index in [0.717, 1.165) is 18.5 Å². The van der Waals surface area contributed by atoms with Crippen molar-refractivity contribution in [3.05, 3.63) is 23.9 Å². The Hall–Kier alpha value is -1.37. The molecule has 2 amide bonds. The van der Waals surface area contributed by atoms with E-state index < -0.39 is 6.04 Å². The molecule has 2 atom stereocenters. The van der Waals surface area contributed by atoms with E-state index in [1.807, 2.05) is 19.1 Å². The van der Waals surface area contributed by atoms with Gasteiger partial charge in [-0.3, -0.25) is 9.59 Å². The molecular formula is C18H30Cl2N4O2. The van der Waals surface area contributed by atoms with Crippen molar-refractivity contribution in [3.63, 3.8) is 0 Å². The van der Waals surface area contributed by atoms with Gasteiger partial charge in [0.2, 0.25) is 11.8 Å². The van der Waals surface area contributed by atoms with Crippen LogP contribution in [0.25, 0.3) is 0 Å². The van der Waals surface area contributed by atoms with Gasteiger partial charge in [0.15, 0.2) is 0 Å². The molecule has 2 heterocycles. The normalized spacial score (nSPS) is 17.7. The van der Waals surface area contributed by atoms with Gasteiger partial charge in [-0.15, -0.1) is 24.8 Å². The van der Waals surface area contributed by atoms with Gasteiger partial charge < -0.3 is 16.0 Å². The zero-order chi connectivity index (χ0) is 17.7. The van der Waals surface area contributed by atoms with Crippen LogP contribution in [0.2, 0.25) is 0 Å². The van der Waals surface area contributed by atoms with Crippen molar-refractivity contribution in [1.29, 1.82) is 0 Å². The molecule has 26 heavy (non-hydrogen) atoms. The number of nitrogens with one attached hydrogen (secondary N) is 1. The third kappa shape index (κ3) is 7.09. The first-order valence-electron chi connectivity index (χ1n) is 8.65. The highest BCUT2D eigenvalue weighted by Crippen LogP contribution is 2.20. The Morgan fingerprint density at radius 3 is 2.65 bits per heavy atom. The fraction of sp³-hybridized carbons (Fsp3) is 0.611. The standard InChI is InChI=1S/C18H28N4O2.2ClH/c1-12(2)10-15(19)18(24)22-9-5-7-14(11-22)17(23)21-16-8-4-6-13(3)20-16;;/h4,6,8,12,14-15H,5,7,9-11,19H2,1-3H3,(H,20,21,23);2*1H/t14?,15-;;/m0../s1. The number of anilines is 1. The Morgan fingerprint density at radius 1 is 1.35 bits per heavy atom. The average molecular weight is 405 g/mol. The number of amides is 2. The Balaban J connectivity index is 0.00000312. The minimum Gasteiger partial charge on any atom is -0.341 e. The van der Waals surface area contributed by atoms with Crippen LogP contribution < -0.4 is 11.1 Å². The Labute approximate surface area is 168 Å². The van der Waals surface area contributed by atoms with E-state index in [2.05, 4.69) is 24.1 Å². The van der Waals surface area contributed by atoms with Crippen molar-refractivity contribution >= 4 is 42.4 Å². The van der Waals surface area contributed by atoms with Crippen molar-refractivity contribution in [2.45, 2.75) is 46.1 Å². The van der Waals surface area contributed by atoms with Gasteiger partial charge >= 0.3 is 0 Å². The van der Waals surface area contributed by atoms with Crippen molar-refractivity contribution < 1.29 is 9.59 Å². The van der Waals surface area contributed by atoms with Crippen LogP contribution in [0.15, 0.2) is 18.2 Å². The summed E-state index contributed by atoms with van der Waals surface area (Å²) in [5.41, 5.74) is 6.86. The number of pyridine rings is 1. The van der Waals surface area contributed by atoms with Crippen molar-refractivity contribution in [3.8, 4) is 0 Å². The van der Waals surface area contributed by atoms with Crippen LogP contribution in [-0.2, 0) is 9.59 Å². The predicted molar refractivity (Wildman–Crippen MR) is 109 cm³/mol. The zero-order valence-corrected chi connectivity index (χ0v) is 17.2. The van der Waals surface area contributed by atoms with Crippen molar-refractivity contribution in [1.82, 2.24) is 9.88 Å². The molecule has 1 fully saturated rings. The minimum atomic E-state index is -0.481. The number of aryl methyl sites for hydroxylation is 1. The second kappa shape index (κ2) is 11.4. The number of rotatable bonds is 5. The third-order valence-electron chi connectivity index (χ3n) is 4.29. The third-order valence-corrected chi connectivity index (χ3v) is 4.29. The Bertz CT molecular complexity index is 598. The molecule has 1 saturated heterocycles. The van der Waals surface area contributed by atoms with Crippen LogP contribution in [0.4, 0.5) is 5.82 Å². The maximum absolute atomic E-state index is 12.5. The molecule has 0 spiro atoms. The minimum absolute atomic E-state index is 0. The number of likely N-dealkylation sites (tertiary alicyclic amines) is 1. The van der Waals surface area contributed by atoms with E-state index in [-0.39, 0.29) is 42.5 Å². The molecular weight excluding hydrogens is 375 g/mol. The molecule has 0 aromatic carbocycles. The van der Waals surface area contributed by atoms with E-state index in [1.54, 1.807) is 11.0 Å². The molecule has 148 valence electrons. The molecule has 2 rings (SSSR count). The molecule has 0 aliphatic carbocycles. The molecule has 8 heteroatoms. The van der Waals surface area contributed by atoms with Crippen LogP contribution in [0.1, 0.15) is 38.8 Å². The van der Waals surface area contributed by atoms with Crippen LogP contribution >= 0.6 is 24.8 Å². The van der Waals surface area contributed by atoms with Crippen LogP contribution in [0, 0.1) is 18.8 Å². The van der Waals surface area contributed by atoms with Gasteiger partial charge in [0.05, 0.1) is 12.0 Å². The van der Waals surface area contributed by atoms with Gasteiger partial charge in [0.1, 0.15) is 5.82 Å². The second-order valence-corrected chi connectivity index (χ2v) is 7.01. The smallest absolute Gasteiger partial charge is 0.239 e. The summed E-state index contributed by atoms with van der Waals surface area (Å²) in [6.07, 6.45) is 2.26. The van der Waals surface area contributed by atoms with Gasteiger partial charge in [-0.2, -0.15) is 0 Å². The summed E-state index contributed by atoms with van der Waals surface area (Å²) in [6.45, 7) is 7.09. The maximum Gasteiger partial charge on any atom is 0.239 e. The highest BCUT2D eigenvalue weighted by atomic mass is 35.5. The van der Waals surface area contributed by atoms with E-state index in [0.29, 0.717) is 31.2 Å². The molecule has 1 aromatic heterocycles. The number of hydrogen-bond acceptors (Lipinski definition) is 4. The molecule has 1 unspecified atom stereocenters. The molecule has 1 aromatic rings. The number of carbonyl (C=O) groups excluding carboxylic acids is 2. The van der Waals surface area contributed by atoms with Crippen LogP contribution in [-0.4, -0.2) is 40.8 Å². The van der Waals surface area contributed by atoms with Gasteiger partial charge in [-0.05, 0) is 44.2 Å². The first-order valence-corrected chi connectivity index (χ1v) is 8.65. The van der Waals surface area contributed by atoms with Gasteiger partial charge in [-0.25, -0.2) is 4.98 Å². The molecule has 1 aliphatic heterocycles. The molecule has 0 saturated carbocycles. The quantitative estimate of drug-likeness (QED) is 0.789. The number of nitrogens with two attached hydrogens (primary N) is 1. The van der Waals surface area contributed by atoms with Crippen LogP contribution in [0.3, 0.4) is 0 Å². The van der Waals surface area contributed by atoms with Gasteiger partial charge in [0.25, 0.3) is 0 Å². The summed E-state index contributed by atoms with van der Waals surface area (Å²) in [5, 5.41) is 2.85. The SMILES string of the molecule is Cc1cccc(NC(=O)C2CCCN(C(=O)[C@@H](N)CC(C)C)C2)n1.Cl.Cl. The molecule has 0 bridgehead atoms. The first-order chi connectivity index (χ1) is 11.4. The number of carbonyl (C=O) groups is 2. The second-order valence-electron chi connectivity index (χ2n) is 7.01. The summed E-state index contributed by atoms with van der Waals surface area (Å²) < 4.78 is 0. The summed E-state index contributed by atoms with van der Waals surface area (Å²) in [7, 11) is 0. The topological polar surface area (TPSA) is 88.3 Å². The van der Waals surface area contributed by atoms with Gasteiger partial charge in [-0.1, -0.05) is 19.9 Å². The highest BCUT2D eigenvalue weighted by molar-refractivity contribution is 5.92. The molecule has 3 N–H and O–H groups in total. The summed E-state index contributed by atoms with van der Waals surface area (Å²) in [4.78, 5) is 31.0. The lowest BCUT2D eigenvalue weighted by atomic mass is 9.95. The fourth-order valence-electron chi connectivity index (χ4n) is 3.08.